The van der Waals surface area contributed by atoms with Gasteiger partial charge in [0.2, 0.25) is 11.6 Å². The fourth-order valence-electron chi connectivity index (χ4n) is 2.02. The van der Waals surface area contributed by atoms with Crippen molar-refractivity contribution in [1.29, 1.82) is 0 Å². The zero-order valence-corrected chi connectivity index (χ0v) is 12.1. The van der Waals surface area contributed by atoms with E-state index < -0.39 is 29.0 Å². The van der Waals surface area contributed by atoms with E-state index in [2.05, 4.69) is 15.9 Å². The summed E-state index contributed by atoms with van der Waals surface area (Å²) >= 11 is 3.34. The van der Waals surface area contributed by atoms with E-state index in [0.29, 0.717) is 31.4 Å². The summed E-state index contributed by atoms with van der Waals surface area (Å²) < 4.78 is 63.4. The lowest BCUT2D eigenvalue weighted by Crippen LogP contribution is -2.37. The largest absolute Gasteiger partial charge is 0.487 e. The van der Waals surface area contributed by atoms with Crippen LogP contribution in [0.2, 0.25) is 0 Å². The monoisotopic (exact) mass is 356 g/mol. The molecular formula is C13H13BrF4O2. The Hall–Kier alpha value is -0.820. The molecule has 112 valence electrons. The number of halogens is 5. The molecule has 1 fully saturated rings. The van der Waals surface area contributed by atoms with Crippen LogP contribution in [0.4, 0.5) is 17.6 Å². The number of hydrogen-bond acceptors (Lipinski definition) is 2. The smallest absolute Gasteiger partial charge is 0.203 e. The maximum atomic E-state index is 13.5. The molecule has 1 aromatic carbocycles. The summed E-state index contributed by atoms with van der Waals surface area (Å²) in [6, 6.07) is 0.159. The molecule has 0 atom stereocenters. The van der Waals surface area contributed by atoms with Crippen LogP contribution in [-0.2, 0) is 4.74 Å². The standard InChI is InChI=1S/C13H13BrF4O2/c14-6-13(1-3-19-4-2-13)7-20-12-10(17)8(15)5-9(16)11(12)18/h5H,1-4,6-7H2. The molecule has 0 spiro atoms. The van der Waals surface area contributed by atoms with Crippen LogP contribution in [0.5, 0.6) is 5.75 Å². The van der Waals surface area contributed by atoms with Crippen molar-refractivity contribution >= 4 is 15.9 Å². The van der Waals surface area contributed by atoms with Crippen molar-refractivity contribution in [2.24, 2.45) is 5.41 Å². The van der Waals surface area contributed by atoms with Crippen molar-refractivity contribution in [3.05, 3.63) is 29.3 Å². The summed E-state index contributed by atoms with van der Waals surface area (Å²) in [6.45, 7) is 0.979. The predicted octanol–water partition coefficient (Wildman–Crippen LogP) is 3.81. The van der Waals surface area contributed by atoms with E-state index in [4.69, 9.17) is 9.47 Å². The second-order valence-corrected chi connectivity index (χ2v) is 5.39. The molecule has 0 unspecified atom stereocenters. The van der Waals surface area contributed by atoms with Crippen LogP contribution in [-0.4, -0.2) is 25.2 Å². The number of hydrogen-bond donors (Lipinski definition) is 0. The molecule has 0 bridgehead atoms. The van der Waals surface area contributed by atoms with Crippen molar-refractivity contribution in [3.8, 4) is 5.75 Å². The molecule has 0 aromatic heterocycles. The molecule has 2 nitrogen and oxygen atoms in total. The Morgan fingerprint density at radius 3 is 2.15 bits per heavy atom. The van der Waals surface area contributed by atoms with Gasteiger partial charge in [-0.05, 0) is 12.8 Å². The molecule has 0 amide bonds. The average Bonchev–Trinajstić information content (AvgIpc) is 2.46. The number of alkyl halides is 1. The minimum absolute atomic E-state index is 0.0433. The summed E-state index contributed by atoms with van der Waals surface area (Å²) in [5.74, 6) is -6.98. The number of ether oxygens (including phenoxy) is 2. The van der Waals surface area contributed by atoms with Gasteiger partial charge in [-0.15, -0.1) is 0 Å². The fraction of sp³-hybridized carbons (Fsp3) is 0.538. The van der Waals surface area contributed by atoms with Crippen molar-refractivity contribution in [1.82, 2.24) is 0 Å². The van der Waals surface area contributed by atoms with Crippen LogP contribution in [0, 0.1) is 28.7 Å². The zero-order chi connectivity index (χ0) is 14.8. The first kappa shape index (κ1) is 15.6. The van der Waals surface area contributed by atoms with Crippen LogP contribution in [0.3, 0.4) is 0 Å². The van der Waals surface area contributed by atoms with Gasteiger partial charge in [0.1, 0.15) is 0 Å². The molecule has 1 aliphatic heterocycles. The van der Waals surface area contributed by atoms with E-state index in [0.717, 1.165) is 0 Å². The highest BCUT2D eigenvalue weighted by molar-refractivity contribution is 9.09. The summed E-state index contributed by atoms with van der Waals surface area (Å²) in [7, 11) is 0. The highest BCUT2D eigenvalue weighted by atomic mass is 79.9. The quantitative estimate of drug-likeness (QED) is 0.464. The highest BCUT2D eigenvalue weighted by Gasteiger charge is 2.33. The first-order valence-electron chi connectivity index (χ1n) is 6.08. The molecule has 7 heteroatoms. The SMILES string of the molecule is Fc1cc(F)c(F)c(OCC2(CBr)CCOCC2)c1F. The molecule has 1 aromatic rings. The van der Waals surface area contributed by atoms with Crippen LogP contribution in [0.25, 0.3) is 0 Å². The predicted molar refractivity (Wildman–Crippen MR) is 68.0 cm³/mol. The lowest BCUT2D eigenvalue weighted by molar-refractivity contribution is 0.00190. The van der Waals surface area contributed by atoms with E-state index in [1.807, 2.05) is 0 Å². The van der Waals surface area contributed by atoms with Gasteiger partial charge in [-0.2, -0.15) is 8.78 Å². The zero-order valence-electron chi connectivity index (χ0n) is 10.5. The molecule has 0 saturated carbocycles. The van der Waals surface area contributed by atoms with Gasteiger partial charge in [0, 0.05) is 30.0 Å². The minimum atomic E-state index is -1.51. The third-order valence-electron chi connectivity index (χ3n) is 3.43. The van der Waals surface area contributed by atoms with Gasteiger partial charge in [0.15, 0.2) is 17.4 Å². The maximum Gasteiger partial charge on any atom is 0.203 e. The van der Waals surface area contributed by atoms with Gasteiger partial charge in [0.05, 0.1) is 6.61 Å². The Morgan fingerprint density at radius 1 is 1.10 bits per heavy atom. The lowest BCUT2D eigenvalue weighted by atomic mass is 9.83. The summed E-state index contributed by atoms with van der Waals surface area (Å²) in [4.78, 5) is 0. The second-order valence-electron chi connectivity index (χ2n) is 4.83. The third kappa shape index (κ3) is 3.09. The minimum Gasteiger partial charge on any atom is -0.487 e. The normalized spacial score (nSPS) is 18.1. The highest BCUT2D eigenvalue weighted by Crippen LogP contribution is 2.35. The Bertz CT molecular complexity index is 463. The van der Waals surface area contributed by atoms with Crippen LogP contribution in [0.15, 0.2) is 6.07 Å². The maximum absolute atomic E-state index is 13.5. The number of benzene rings is 1. The second kappa shape index (κ2) is 6.30. The van der Waals surface area contributed by atoms with Gasteiger partial charge in [-0.3, -0.25) is 0 Å². The summed E-state index contributed by atoms with van der Waals surface area (Å²) in [6.07, 6.45) is 1.28. The summed E-state index contributed by atoms with van der Waals surface area (Å²) in [5, 5.41) is 0.546. The van der Waals surface area contributed by atoms with Crippen molar-refractivity contribution in [3.63, 3.8) is 0 Å². The fourth-order valence-corrected chi connectivity index (χ4v) is 2.75. The van der Waals surface area contributed by atoms with Crippen molar-refractivity contribution in [2.75, 3.05) is 25.2 Å². The molecule has 0 aliphatic carbocycles. The van der Waals surface area contributed by atoms with Gasteiger partial charge in [-0.1, -0.05) is 15.9 Å². The molecule has 20 heavy (non-hydrogen) atoms. The Morgan fingerprint density at radius 2 is 1.65 bits per heavy atom. The van der Waals surface area contributed by atoms with Gasteiger partial charge in [0.25, 0.3) is 0 Å². The van der Waals surface area contributed by atoms with Crippen LogP contribution >= 0.6 is 15.9 Å². The molecule has 0 N–H and O–H groups in total. The molecular weight excluding hydrogens is 344 g/mol. The van der Waals surface area contributed by atoms with Gasteiger partial charge in [-0.25, -0.2) is 8.78 Å². The molecule has 0 radical (unpaired) electrons. The summed E-state index contributed by atoms with van der Waals surface area (Å²) in [5.41, 5.74) is -0.361. The van der Waals surface area contributed by atoms with E-state index in [1.165, 1.54) is 0 Å². The van der Waals surface area contributed by atoms with E-state index >= 15 is 0 Å². The number of rotatable bonds is 4. The lowest BCUT2D eigenvalue weighted by Gasteiger charge is -2.35. The Kier molecular flexibility index (Phi) is 4.90. The molecule has 1 heterocycles. The van der Waals surface area contributed by atoms with Gasteiger partial charge >= 0.3 is 0 Å². The first-order valence-corrected chi connectivity index (χ1v) is 7.21. The Balaban J connectivity index is 2.18. The molecule has 2 rings (SSSR count). The molecule has 1 aliphatic rings. The van der Waals surface area contributed by atoms with Crippen molar-refractivity contribution < 1.29 is 27.0 Å². The van der Waals surface area contributed by atoms with Gasteiger partial charge < -0.3 is 9.47 Å². The van der Waals surface area contributed by atoms with Crippen molar-refractivity contribution in [2.45, 2.75) is 12.8 Å². The third-order valence-corrected chi connectivity index (χ3v) is 4.62. The van der Waals surface area contributed by atoms with Crippen LogP contribution < -0.4 is 4.74 Å². The molecule has 1 saturated heterocycles. The average molecular weight is 357 g/mol. The van der Waals surface area contributed by atoms with E-state index in [-0.39, 0.29) is 18.1 Å². The topological polar surface area (TPSA) is 18.5 Å². The van der Waals surface area contributed by atoms with E-state index in [9.17, 15) is 17.6 Å². The van der Waals surface area contributed by atoms with E-state index in [1.54, 1.807) is 0 Å². The first-order chi connectivity index (χ1) is 9.49. The Labute approximate surface area is 122 Å². The van der Waals surface area contributed by atoms with Crippen LogP contribution in [0.1, 0.15) is 12.8 Å².